The fourth-order valence-electron chi connectivity index (χ4n) is 3.97. The summed E-state index contributed by atoms with van der Waals surface area (Å²) >= 11 is 0. The highest BCUT2D eigenvalue weighted by molar-refractivity contribution is 6.07. The summed E-state index contributed by atoms with van der Waals surface area (Å²) in [6.07, 6.45) is 0. The lowest BCUT2D eigenvalue weighted by Gasteiger charge is -2.39. The summed E-state index contributed by atoms with van der Waals surface area (Å²) in [5, 5.41) is 13.9. The number of hydrogen-bond acceptors (Lipinski definition) is 6. The van der Waals surface area contributed by atoms with Crippen LogP contribution < -0.4 is 5.32 Å². The fraction of sp³-hybridized carbons (Fsp3) is 0.500. The minimum Gasteiger partial charge on any atom is -0.479 e. The molecule has 0 fully saturated rings. The van der Waals surface area contributed by atoms with Crippen molar-refractivity contribution in [3.05, 3.63) is 35.0 Å². The minimum atomic E-state index is -1.92. The molecule has 0 spiro atoms. The lowest BCUT2D eigenvalue weighted by Crippen LogP contribution is -2.65. The van der Waals surface area contributed by atoms with Crippen LogP contribution in [0, 0.1) is 0 Å². The van der Waals surface area contributed by atoms with Gasteiger partial charge in [-0.05, 0) is 31.0 Å². The first kappa shape index (κ1) is 20.3. The van der Waals surface area contributed by atoms with Gasteiger partial charge < -0.3 is 24.3 Å². The summed E-state index contributed by atoms with van der Waals surface area (Å²) in [5.74, 6) is -2.86. The van der Waals surface area contributed by atoms with Crippen LogP contribution in [-0.4, -0.2) is 54.5 Å². The first-order chi connectivity index (χ1) is 13.5. The van der Waals surface area contributed by atoms with E-state index in [0.29, 0.717) is 13.2 Å². The highest BCUT2D eigenvalue weighted by Crippen LogP contribution is 2.42. The van der Waals surface area contributed by atoms with Crippen LogP contribution in [0.3, 0.4) is 0 Å². The van der Waals surface area contributed by atoms with Gasteiger partial charge in [0.2, 0.25) is 5.54 Å². The third-order valence-electron chi connectivity index (χ3n) is 5.18. The van der Waals surface area contributed by atoms with E-state index in [1.165, 1.54) is 7.11 Å². The number of aliphatic carboxylic acids is 1. The van der Waals surface area contributed by atoms with Crippen molar-refractivity contribution in [3.63, 3.8) is 0 Å². The summed E-state index contributed by atoms with van der Waals surface area (Å²) in [4.78, 5) is 28.5. The van der Waals surface area contributed by atoms with Crippen molar-refractivity contribution in [2.45, 2.75) is 38.5 Å². The first-order valence-corrected chi connectivity index (χ1v) is 9.35. The Morgan fingerprint density at radius 1 is 1.29 bits per heavy atom. The van der Waals surface area contributed by atoms with Gasteiger partial charge in [0.05, 0.1) is 19.8 Å². The van der Waals surface area contributed by atoms with E-state index in [-0.39, 0.29) is 19.8 Å². The van der Waals surface area contributed by atoms with Crippen molar-refractivity contribution >= 4 is 22.8 Å². The van der Waals surface area contributed by atoms with Crippen LogP contribution in [0.2, 0.25) is 0 Å². The van der Waals surface area contributed by atoms with Crippen molar-refractivity contribution in [1.29, 1.82) is 0 Å². The van der Waals surface area contributed by atoms with Gasteiger partial charge in [-0.1, -0.05) is 12.1 Å². The average Bonchev–Trinajstić information content (AvgIpc) is 3.06. The molecule has 1 aromatic carbocycles. The number of H-pyrrole nitrogens is 1. The van der Waals surface area contributed by atoms with Crippen LogP contribution in [0.25, 0.3) is 10.9 Å². The quantitative estimate of drug-likeness (QED) is 0.467. The van der Waals surface area contributed by atoms with Crippen molar-refractivity contribution in [3.8, 4) is 0 Å². The highest BCUT2D eigenvalue weighted by atomic mass is 16.5. The van der Waals surface area contributed by atoms with Gasteiger partial charge >= 0.3 is 11.9 Å². The zero-order valence-corrected chi connectivity index (χ0v) is 16.3. The maximum absolute atomic E-state index is 12.8. The molecule has 0 amide bonds. The average molecular weight is 390 g/mol. The number of hydrogen-bond donors (Lipinski definition) is 3. The Balaban J connectivity index is 2.24. The van der Waals surface area contributed by atoms with E-state index in [9.17, 15) is 14.7 Å². The molecule has 3 N–H and O–H groups in total. The number of methoxy groups -OCH3 is 1. The smallest absolute Gasteiger partial charge is 0.338 e. The van der Waals surface area contributed by atoms with E-state index >= 15 is 0 Å². The number of fused-ring (bicyclic) bond motifs is 3. The summed E-state index contributed by atoms with van der Waals surface area (Å²) in [7, 11) is 1.49. The Hall–Kier alpha value is -2.42. The maximum atomic E-state index is 12.8. The molecule has 2 atom stereocenters. The van der Waals surface area contributed by atoms with Crippen LogP contribution in [-0.2, 0) is 37.0 Å². The van der Waals surface area contributed by atoms with E-state index < -0.39 is 23.4 Å². The number of aromatic nitrogens is 1. The Morgan fingerprint density at radius 2 is 2.07 bits per heavy atom. The van der Waals surface area contributed by atoms with E-state index in [1.54, 1.807) is 6.92 Å². The molecule has 0 saturated carbocycles. The van der Waals surface area contributed by atoms with Gasteiger partial charge in [-0.25, -0.2) is 9.59 Å². The number of rotatable bonds is 8. The van der Waals surface area contributed by atoms with Crippen molar-refractivity contribution in [2.75, 3.05) is 26.9 Å². The van der Waals surface area contributed by atoms with Crippen LogP contribution in [0.1, 0.15) is 36.6 Å². The largest absolute Gasteiger partial charge is 0.479 e. The predicted molar refractivity (Wildman–Crippen MR) is 102 cm³/mol. The van der Waals surface area contributed by atoms with E-state index in [4.69, 9.17) is 14.2 Å². The lowest BCUT2D eigenvalue weighted by atomic mass is 9.75. The Morgan fingerprint density at radius 3 is 2.71 bits per heavy atom. The molecule has 152 valence electrons. The van der Waals surface area contributed by atoms with Gasteiger partial charge in [0.15, 0.2) is 0 Å². The number of carboxylic acid groups (broad SMARTS) is 1. The second-order valence-corrected chi connectivity index (χ2v) is 6.69. The molecule has 0 bridgehead atoms. The summed E-state index contributed by atoms with van der Waals surface area (Å²) < 4.78 is 16.1. The molecule has 1 aliphatic rings. The van der Waals surface area contributed by atoms with Crippen LogP contribution in [0.4, 0.5) is 0 Å². The zero-order chi connectivity index (χ0) is 20.3. The molecular weight excluding hydrogens is 364 g/mol. The number of carbonyl (C=O) groups is 2. The topological polar surface area (TPSA) is 110 Å². The van der Waals surface area contributed by atoms with E-state index in [0.717, 1.165) is 27.7 Å². The number of carbonyl (C=O) groups excluding carboxylic acids is 1. The SMILES string of the molecule is CCOCc1cccc2[nH]c3c(c12)C(COC)C(C(=O)O)(C(=O)OCC)NC3. The summed E-state index contributed by atoms with van der Waals surface area (Å²) in [6.45, 7) is 4.86. The molecule has 3 rings (SSSR count). The molecular formula is C20H26N2O6. The van der Waals surface area contributed by atoms with Gasteiger partial charge in [-0.15, -0.1) is 0 Å². The fourth-order valence-corrected chi connectivity index (χ4v) is 3.97. The standard InChI is InChI=1S/C20H26N2O6/c1-4-27-10-12-7-6-8-14-16(12)17-13(11-26-3)20(18(23)24,19(25)28-5-2)21-9-15(17)22-14/h6-8,13,21-22H,4-5,9-11H2,1-3H3,(H,23,24). The number of benzene rings is 1. The molecule has 2 unspecified atom stereocenters. The van der Waals surface area contributed by atoms with Gasteiger partial charge in [0.25, 0.3) is 0 Å². The number of aromatic amines is 1. The second kappa shape index (κ2) is 8.30. The number of ether oxygens (including phenoxy) is 3. The Labute approximate surface area is 163 Å². The molecule has 0 saturated heterocycles. The molecule has 8 nitrogen and oxygen atoms in total. The predicted octanol–water partition coefficient (Wildman–Crippen LogP) is 1.92. The van der Waals surface area contributed by atoms with Crippen molar-refractivity contribution in [2.24, 2.45) is 0 Å². The molecule has 2 aromatic rings. The molecule has 8 heteroatoms. The first-order valence-electron chi connectivity index (χ1n) is 9.35. The minimum absolute atomic E-state index is 0.0427. The number of esters is 1. The van der Waals surface area contributed by atoms with Crippen LogP contribution in [0.5, 0.6) is 0 Å². The Bertz CT molecular complexity index is 877. The van der Waals surface area contributed by atoms with Gasteiger partial charge in [-0.3, -0.25) is 5.32 Å². The van der Waals surface area contributed by atoms with Crippen molar-refractivity contribution < 1.29 is 28.9 Å². The monoisotopic (exact) mass is 390 g/mol. The number of nitrogens with one attached hydrogen (secondary N) is 2. The van der Waals surface area contributed by atoms with Gasteiger partial charge in [-0.2, -0.15) is 0 Å². The Kier molecular flexibility index (Phi) is 6.02. The van der Waals surface area contributed by atoms with Gasteiger partial charge in [0, 0.05) is 42.8 Å². The third-order valence-corrected chi connectivity index (χ3v) is 5.18. The van der Waals surface area contributed by atoms with E-state index in [2.05, 4.69) is 10.3 Å². The summed E-state index contributed by atoms with van der Waals surface area (Å²) in [5.41, 5.74) is 1.48. The lowest BCUT2D eigenvalue weighted by molar-refractivity contribution is -0.166. The third kappa shape index (κ3) is 3.17. The molecule has 2 heterocycles. The molecule has 0 aliphatic carbocycles. The molecule has 28 heavy (non-hydrogen) atoms. The number of carboxylic acids is 1. The zero-order valence-electron chi connectivity index (χ0n) is 16.3. The van der Waals surface area contributed by atoms with Crippen molar-refractivity contribution in [1.82, 2.24) is 10.3 Å². The molecule has 1 aromatic heterocycles. The molecule has 1 aliphatic heterocycles. The van der Waals surface area contributed by atoms with Crippen LogP contribution >= 0.6 is 0 Å². The van der Waals surface area contributed by atoms with Crippen LogP contribution in [0.15, 0.2) is 18.2 Å². The van der Waals surface area contributed by atoms with E-state index in [1.807, 2.05) is 25.1 Å². The second-order valence-electron chi connectivity index (χ2n) is 6.69. The molecule has 0 radical (unpaired) electrons. The highest BCUT2D eigenvalue weighted by Gasteiger charge is 2.57. The normalized spacial score (nSPS) is 21.5. The summed E-state index contributed by atoms with van der Waals surface area (Å²) in [6, 6.07) is 5.80. The maximum Gasteiger partial charge on any atom is 0.338 e. The van der Waals surface area contributed by atoms with Gasteiger partial charge in [0.1, 0.15) is 0 Å².